The van der Waals surface area contributed by atoms with Gasteiger partial charge in [-0.15, -0.1) is 0 Å². The van der Waals surface area contributed by atoms with E-state index >= 15 is 0 Å². The monoisotopic (exact) mass is 236 g/mol. The topological polar surface area (TPSA) is 75.3 Å². The van der Waals surface area contributed by atoms with Gasteiger partial charge in [-0.05, 0) is 37.1 Å². The highest BCUT2D eigenvalue weighted by atomic mass is 16.3. The van der Waals surface area contributed by atoms with E-state index in [9.17, 15) is 9.90 Å². The van der Waals surface area contributed by atoms with Gasteiger partial charge >= 0.3 is 0 Å². The summed E-state index contributed by atoms with van der Waals surface area (Å²) in [5.74, 6) is -0.167. The molecule has 94 valence electrons. The second-order valence-electron chi connectivity index (χ2n) is 4.17. The molecule has 1 aromatic rings. The number of amides is 1. The SMILES string of the molecule is CCc1ccc(O)c(NC(=O)C(C)CCN)c1. The highest BCUT2D eigenvalue weighted by molar-refractivity contribution is 5.93. The molecule has 0 aliphatic carbocycles. The number of carbonyl (C=O) groups excluding carboxylic acids is 1. The lowest BCUT2D eigenvalue weighted by molar-refractivity contribution is -0.119. The molecule has 0 radical (unpaired) electrons. The van der Waals surface area contributed by atoms with Crippen molar-refractivity contribution in [1.82, 2.24) is 0 Å². The second-order valence-corrected chi connectivity index (χ2v) is 4.17. The van der Waals surface area contributed by atoms with Gasteiger partial charge in [0.2, 0.25) is 5.91 Å². The van der Waals surface area contributed by atoms with Crippen LogP contribution in [0, 0.1) is 5.92 Å². The smallest absolute Gasteiger partial charge is 0.227 e. The molecule has 1 aromatic carbocycles. The van der Waals surface area contributed by atoms with Crippen molar-refractivity contribution in [3.63, 3.8) is 0 Å². The molecule has 0 heterocycles. The molecule has 0 saturated carbocycles. The van der Waals surface area contributed by atoms with Crippen molar-refractivity contribution in [2.24, 2.45) is 11.7 Å². The highest BCUT2D eigenvalue weighted by Gasteiger charge is 2.13. The van der Waals surface area contributed by atoms with Gasteiger partial charge in [-0.2, -0.15) is 0 Å². The Hall–Kier alpha value is -1.55. The normalized spacial score (nSPS) is 12.2. The van der Waals surface area contributed by atoms with Crippen LogP contribution in [0.3, 0.4) is 0 Å². The van der Waals surface area contributed by atoms with Crippen LogP contribution in [0.15, 0.2) is 18.2 Å². The summed E-state index contributed by atoms with van der Waals surface area (Å²) in [6, 6.07) is 5.23. The van der Waals surface area contributed by atoms with Crippen molar-refractivity contribution in [3.05, 3.63) is 23.8 Å². The number of phenolic OH excluding ortho intramolecular Hbond substituents is 1. The third-order valence-corrected chi connectivity index (χ3v) is 2.77. The maximum absolute atomic E-state index is 11.8. The summed E-state index contributed by atoms with van der Waals surface area (Å²) in [6.45, 7) is 4.33. The van der Waals surface area contributed by atoms with Crippen molar-refractivity contribution in [3.8, 4) is 5.75 Å². The van der Waals surface area contributed by atoms with Gasteiger partial charge in [0.15, 0.2) is 0 Å². The van der Waals surface area contributed by atoms with Crippen LogP contribution >= 0.6 is 0 Å². The largest absolute Gasteiger partial charge is 0.506 e. The Morgan fingerprint density at radius 3 is 2.82 bits per heavy atom. The lowest BCUT2D eigenvalue weighted by Crippen LogP contribution is -2.22. The molecular formula is C13H20N2O2. The Morgan fingerprint density at radius 1 is 1.53 bits per heavy atom. The van der Waals surface area contributed by atoms with E-state index in [1.165, 1.54) is 0 Å². The number of nitrogens with two attached hydrogens (primary N) is 1. The minimum absolute atomic E-state index is 0.0931. The van der Waals surface area contributed by atoms with Gasteiger partial charge in [0, 0.05) is 5.92 Å². The fourth-order valence-corrected chi connectivity index (χ4v) is 1.54. The first-order valence-corrected chi connectivity index (χ1v) is 5.91. The van der Waals surface area contributed by atoms with Crippen LogP contribution in [0.2, 0.25) is 0 Å². The summed E-state index contributed by atoms with van der Waals surface area (Å²) in [7, 11) is 0. The number of benzene rings is 1. The van der Waals surface area contributed by atoms with Crippen molar-refractivity contribution in [2.75, 3.05) is 11.9 Å². The number of rotatable bonds is 5. The number of phenols is 1. The maximum Gasteiger partial charge on any atom is 0.227 e. The third kappa shape index (κ3) is 3.75. The zero-order valence-electron chi connectivity index (χ0n) is 10.4. The van der Waals surface area contributed by atoms with E-state index in [0.717, 1.165) is 12.0 Å². The van der Waals surface area contributed by atoms with Crippen LogP contribution in [-0.4, -0.2) is 17.6 Å². The third-order valence-electron chi connectivity index (χ3n) is 2.77. The first kappa shape index (κ1) is 13.5. The summed E-state index contributed by atoms with van der Waals surface area (Å²) in [5, 5.41) is 12.4. The number of aryl methyl sites for hydroxylation is 1. The van der Waals surface area contributed by atoms with Crippen molar-refractivity contribution >= 4 is 11.6 Å². The van der Waals surface area contributed by atoms with E-state index in [4.69, 9.17) is 5.73 Å². The molecule has 1 atom stereocenters. The average molecular weight is 236 g/mol. The minimum atomic E-state index is -0.148. The Balaban J connectivity index is 2.76. The molecule has 0 bridgehead atoms. The van der Waals surface area contributed by atoms with Crippen LogP contribution < -0.4 is 11.1 Å². The van der Waals surface area contributed by atoms with Gasteiger partial charge in [-0.1, -0.05) is 19.9 Å². The molecule has 0 aliphatic heterocycles. The molecule has 1 amide bonds. The molecule has 0 saturated heterocycles. The first-order chi connectivity index (χ1) is 8.08. The lowest BCUT2D eigenvalue weighted by atomic mass is 10.1. The van der Waals surface area contributed by atoms with Crippen molar-refractivity contribution in [1.29, 1.82) is 0 Å². The van der Waals surface area contributed by atoms with Crippen LogP contribution in [-0.2, 0) is 11.2 Å². The first-order valence-electron chi connectivity index (χ1n) is 5.91. The molecule has 4 heteroatoms. The van der Waals surface area contributed by atoms with Gasteiger partial charge < -0.3 is 16.2 Å². The van der Waals surface area contributed by atoms with Gasteiger partial charge in [0.25, 0.3) is 0 Å². The highest BCUT2D eigenvalue weighted by Crippen LogP contribution is 2.25. The van der Waals surface area contributed by atoms with E-state index in [2.05, 4.69) is 5.32 Å². The summed E-state index contributed by atoms with van der Waals surface area (Å²) in [4.78, 5) is 11.8. The molecule has 0 aliphatic rings. The summed E-state index contributed by atoms with van der Waals surface area (Å²) >= 11 is 0. The minimum Gasteiger partial charge on any atom is -0.506 e. The van der Waals surface area contributed by atoms with E-state index < -0.39 is 0 Å². The predicted molar refractivity (Wildman–Crippen MR) is 68.9 cm³/mol. The number of hydrogen-bond donors (Lipinski definition) is 3. The number of carbonyl (C=O) groups is 1. The van der Waals surface area contributed by atoms with Crippen LogP contribution in [0.1, 0.15) is 25.8 Å². The molecule has 0 fully saturated rings. The summed E-state index contributed by atoms with van der Waals surface area (Å²) < 4.78 is 0. The van der Waals surface area contributed by atoms with E-state index in [-0.39, 0.29) is 17.6 Å². The Bertz CT molecular complexity index is 391. The average Bonchev–Trinajstić information content (AvgIpc) is 2.32. The summed E-state index contributed by atoms with van der Waals surface area (Å²) in [6.07, 6.45) is 1.50. The molecule has 1 unspecified atom stereocenters. The maximum atomic E-state index is 11.8. The predicted octanol–water partition coefficient (Wildman–Crippen LogP) is 1.88. The second kappa shape index (κ2) is 6.25. The molecule has 0 spiro atoms. The molecule has 4 N–H and O–H groups in total. The fourth-order valence-electron chi connectivity index (χ4n) is 1.54. The van der Waals surface area contributed by atoms with E-state index in [1.54, 1.807) is 12.1 Å². The Kier molecular flexibility index (Phi) is 4.97. The zero-order chi connectivity index (χ0) is 12.8. The van der Waals surface area contributed by atoms with Crippen molar-refractivity contribution in [2.45, 2.75) is 26.7 Å². The Labute approximate surface area is 102 Å². The molecule has 1 rings (SSSR count). The van der Waals surface area contributed by atoms with E-state index in [0.29, 0.717) is 18.7 Å². The zero-order valence-corrected chi connectivity index (χ0v) is 10.4. The van der Waals surface area contributed by atoms with Crippen LogP contribution in [0.25, 0.3) is 0 Å². The number of hydrogen-bond acceptors (Lipinski definition) is 3. The van der Waals surface area contributed by atoms with Gasteiger partial charge in [0.05, 0.1) is 5.69 Å². The quantitative estimate of drug-likeness (QED) is 0.683. The van der Waals surface area contributed by atoms with Crippen LogP contribution in [0.5, 0.6) is 5.75 Å². The lowest BCUT2D eigenvalue weighted by Gasteiger charge is -2.13. The number of anilines is 1. The van der Waals surface area contributed by atoms with E-state index in [1.807, 2.05) is 19.9 Å². The number of nitrogens with one attached hydrogen (secondary N) is 1. The van der Waals surface area contributed by atoms with Gasteiger partial charge in [-0.3, -0.25) is 4.79 Å². The standard InChI is InChI=1S/C13H20N2O2/c1-3-10-4-5-12(16)11(8-10)15-13(17)9(2)6-7-14/h4-5,8-9,16H,3,6-7,14H2,1-2H3,(H,15,17). The van der Waals surface area contributed by atoms with Crippen molar-refractivity contribution < 1.29 is 9.90 Å². The molecular weight excluding hydrogens is 216 g/mol. The Morgan fingerprint density at radius 2 is 2.24 bits per heavy atom. The molecule has 4 nitrogen and oxygen atoms in total. The molecule has 0 aromatic heterocycles. The summed E-state index contributed by atoms with van der Waals surface area (Å²) in [5.41, 5.74) is 6.95. The van der Waals surface area contributed by atoms with Gasteiger partial charge in [-0.25, -0.2) is 0 Å². The fraction of sp³-hybridized carbons (Fsp3) is 0.462. The van der Waals surface area contributed by atoms with Crippen LogP contribution in [0.4, 0.5) is 5.69 Å². The van der Waals surface area contributed by atoms with Gasteiger partial charge in [0.1, 0.15) is 5.75 Å². The molecule has 17 heavy (non-hydrogen) atoms. The number of aromatic hydroxyl groups is 1.